The lowest BCUT2D eigenvalue weighted by molar-refractivity contribution is -0.117. The molecule has 2 aromatic carbocycles. The van der Waals surface area contributed by atoms with E-state index in [-0.39, 0.29) is 17.9 Å². The average Bonchev–Trinajstić information content (AvgIpc) is 3.16. The predicted molar refractivity (Wildman–Crippen MR) is 94.4 cm³/mol. The van der Waals surface area contributed by atoms with Crippen LogP contribution in [0.2, 0.25) is 0 Å². The van der Waals surface area contributed by atoms with E-state index in [1.165, 1.54) is 5.56 Å². The van der Waals surface area contributed by atoms with Crippen LogP contribution in [0.15, 0.2) is 48.5 Å². The topological polar surface area (TPSA) is 40.6 Å². The Kier molecular flexibility index (Phi) is 3.60. The van der Waals surface area contributed by atoms with Crippen molar-refractivity contribution in [2.75, 3.05) is 16.3 Å². The maximum Gasteiger partial charge on any atom is 0.258 e. The lowest BCUT2D eigenvalue weighted by Gasteiger charge is -2.24. The van der Waals surface area contributed by atoms with Crippen molar-refractivity contribution in [2.24, 2.45) is 0 Å². The molecule has 0 spiro atoms. The third kappa shape index (κ3) is 2.39. The second-order valence-corrected chi connectivity index (χ2v) is 6.56. The number of para-hydroxylation sites is 1. The molecule has 2 aliphatic heterocycles. The third-order valence-electron chi connectivity index (χ3n) is 4.90. The van der Waals surface area contributed by atoms with Crippen molar-refractivity contribution in [3.8, 4) is 0 Å². The summed E-state index contributed by atoms with van der Waals surface area (Å²) in [6, 6.07) is 15.7. The molecule has 2 heterocycles. The van der Waals surface area contributed by atoms with E-state index >= 15 is 0 Å². The molecular formula is C20H20N2O2. The number of amides is 2. The Morgan fingerprint density at radius 1 is 1.12 bits per heavy atom. The molecule has 4 rings (SSSR count). The molecule has 4 nitrogen and oxygen atoms in total. The van der Waals surface area contributed by atoms with Gasteiger partial charge in [0.15, 0.2) is 0 Å². The summed E-state index contributed by atoms with van der Waals surface area (Å²) in [6.07, 6.45) is 2.36. The molecule has 0 aromatic heterocycles. The van der Waals surface area contributed by atoms with Crippen LogP contribution in [0.5, 0.6) is 0 Å². The molecule has 4 heteroatoms. The van der Waals surface area contributed by atoms with Crippen molar-refractivity contribution in [1.29, 1.82) is 0 Å². The van der Waals surface area contributed by atoms with E-state index in [4.69, 9.17) is 0 Å². The van der Waals surface area contributed by atoms with Gasteiger partial charge in [0, 0.05) is 35.9 Å². The first-order valence-corrected chi connectivity index (χ1v) is 8.47. The minimum atomic E-state index is 0.000876. The second kappa shape index (κ2) is 5.78. The zero-order valence-corrected chi connectivity index (χ0v) is 13.7. The first kappa shape index (κ1) is 14.9. The van der Waals surface area contributed by atoms with Crippen molar-refractivity contribution in [2.45, 2.75) is 32.2 Å². The maximum atomic E-state index is 13.1. The summed E-state index contributed by atoms with van der Waals surface area (Å²) in [5.41, 5.74) is 3.67. The molecular weight excluding hydrogens is 300 g/mol. The number of anilines is 2. The molecule has 0 radical (unpaired) electrons. The van der Waals surface area contributed by atoms with Gasteiger partial charge in [-0.3, -0.25) is 9.59 Å². The molecule has 0 aliphatic carbocycles. The van der Waals surface area contributed by atoms with Crippen LogP contribution in [0.3, 0.4) is 0 Å². The summed E-state index contributed by atoms with van der Waals surface area (Å²) >= 11 is 0. The average molecular weight is 320 g/mol. The van der Waals surface area contributed by atoms with Gasteiger partial charge in [-0.15, -0.1) is 0 Å². The zero-order chi connectivity index (χ0) is 16.7. The Morgan fingerprint density at radius 2 is 1.96 bits per heavy atom. The normalized spacial score (nSPS) is 19.7. The van der Waals surface area contributed by atoms with Gasteiger partial charge >= 0.3 is 0 Å². The fraction of sp³-hybridized carbons (Fsp3) is 0.300. The standard InChI is InChI=1S/C20H20N2O2/c1-14-12-15-6-2-3-9-18(15)22(14)20(24)16-7-4-8-17(13-16)21-11-5-10-19(21)23/h2-4,6-9,13-14H,5,10-12H2,1H3/t14-/m1/s1. The number of benzene rings is 2. The summed E-state index contributed by atoms with van der Waals surface area (Å²) in [5, 5.41) is 0. The van der Waals surface area contributed by atoms with Crippen LogP contribution >= 0.6 is 0 Å². The van der Waals surface area contributed by atoms with Gasteiger partial charge < -0.3 is 9.80 Å². The van der Waals surface area contributed by atoms with Crippen LogP contribution in [0.4, 0.5) is 11.4 Å². The Bertz CT molecular complexity index is 815. The van der Waals surface area contributed by atoms with Gasteiger partial charge in [0.2, 0.25) is 5.91 Å². The van der Waals surface area contributed by atoms with Crippen LogP contribution < -0.4 is 9.80 Å². The Morgan fingerprint density at radius 3 is 2.75 bits per heavy atom. The largest absolute Gasteiger partial charge is 0.312 e. The van der Waals surface area contributed by atoms with Gasteiger partial charge in [0.25, 0.3) is 5.91 Å². The van der Waals surface area contributed by atoms with E-state index in [2.05, 4.69) is 13.0 Å². The second-order valence-electron chi connectivity index (χ2n) is 6.56. The summed E-state index contributed by atoms with van der Waals surface area (Å²) in [7, 11) is 0. The maximum absolute atomic E-state index is 13.1. The summed E-state index contributed by atoms with van der Waals surface area (Å²) < 4.78 is 0. The van der Waals surface area contributed by atoms with Gasteiger partial charge in [-0.05, 0) is 49.6 Å². The Labute approximate surface area is 141 Å². The molecule has 2 aliphatic rings. The fourth-order valence-corrected chi connectivity index (χ4v) is 3.74. The molecule has 0 N–H and O–H groups in total. The monoisotopic (exact) mass is 320 g/mol. The minimum Gasteiger partial charge on any atom is -0.312 e. The third-order valence-corrected chi connectivity index (χ3v) is 4.90. The quantitative estimate of drug-likeness (QED) is 0.851. The van der Waals surface area contributed by atoms with Crippen LogP contribution in [0, 0.1) is 0 Å². The van der Waals surface area contributed by atoms with Gasteiger partial charge in [0.1, 0.15) is 0 Å². The lowest BCUT2D eigenvalue weighted by atomic mass is 10.1. The van der Waals surface area contributed by atoms with E-state index in [0.717, 1.165) is 30.8 Å². The van der Waals surface area contributed by atoms with Crippen LogP contribution in [0.1, 0.15) is 35.7 Å². The summed E-state index contributed by atoms with van der Waals surface area (Å²) in [4.78, 5) is 28.7. The number of carbonyl (C=O) groups excluding carboxylic acids is 2. The van der Waals surface area contributed by atoms with Crippen molar-refractivity contribution in [3.63, 3.8) is 0 Å². The molecule has 0 bridgehead atoms. The molecule has 24 heavy (non-hydrogen) atoms. The predicted octanol–water partition coefficient (Wildman–Crippen LogP) is 3.40. The highest BCUT2D eigenvalue weighted by molar-refractivity contribution is 6.08. The number of rotatable bonds is 2. The van der Waals surface area contributed by atoms with E-state index in [1.54, 1.807) is 4.90 Å². The van der Waals surface area contributed by atoms with Gasteiger partial charge in [0.05, 0.1) is 0 Å². The summed E-state index contributed by atoms with van der Waals surface area (Å²) in [6.45, 7) is 2.81. The molecule has 1 fully saturated rings. The smallest absolute Gasteiger partial charge is 0.258 e. The van der Waals surface area contributed by atoms with E-state index in [1.807, 2.05) is 47.4 Å². The molecule has 2 amide bonds. The number of hydrogen-bond donors (Lipinski definition) is 0. The lowest BCUT2D eigenvalue weighted by Crippen LogP contribution is -2.35. The Hall–Kier alpha value is -2.62. The van der Waals surface area contributed by atoms with Gasteiger partial charge in [-0.2, -0.15) is 0 Å². The number of hydrogen-bond acceptors (Lipinski definition) is 2. The first-order chi connectivity index (χ1) is 11.6. The molecule has 0 saturated carbocycles. The number of nitrogens with zero attached hydrogens (tertiary/aromatic N) is 2. The molecule has 1 saturated heterocycles. The van der Waals surface area contributed by atoms with Gasteiger partial charge in [-0.1, -0.05) is 24.3 Å². The highest BCUT2D eigenvalue weighted by Gasteiger charge is 2.31. The molecule has 1 atom stereocenters. The Balaban J connectivity index is 1.67. The molecule has 2 aromatic rings. The zero-order valence-electron chi connectivity index (χ0n) is 13.7. The van der Waals surface area contributed by atoms with E-state index in [0.29, 0.717) is 12.0 Å². The summed E-state index contributed by atoms with van der Waals surface area (Å²) in [5.74, 6) is 0.139. The van der Waals surface area contributed by atoms with Crippen LogP contribution in [-0.4, -0.2) is 24.4 Å². The molecule has 122 valence electrons. The van der Waals surface area contributed by atoms with Crippen molar-refractivity contribution >= 4 is 23.2 Å². The molecule has 0 unspecified atom stereocenters. The highest BCUT2D eigenvalue weighted by Crippen LogP contribution is 2.33. The number of carbonyl (C=O) groups is 2. The first-order valence-electron chi connectivity index (χ1n) is 8.47. The number of fused-ring (bicyclic) bond motifs is 1. The van der Waals surface area contributed by atoms with Crippen molar-refractivity contribution in [3.05, 3.63) is 59.7 Å². The SMILES string of the molecule is C[C@@H]1Cc2ccccc2N1C(=O)c1cccc(N2CCCC2=O)c1. The van der Waals surface area contributed by atoms with E-state index < -0.39 is 0 Å². The van der Waals surface area contributed by atoms with E-state index in [9.17, 15) is 9.59 Å². The van der Waals surface area contributed by atoms with Crippen molar-refractivity contribution in [1.82, 2.24) is 0 Å². The fourth-order valence-electron chi connectivity index (χ4n) is 3.74. The minimum absolute atomic E-state index is 0.000876. The highest BCUT2D eigenvalue weighted by atomic mass is 16.2. The van der Waals surface area contributed by atoms with Crippen LogP contribution in [-0.2, 0) is 11.2 Å². The van der Waals surface area contributed by atoms with Gasteiger partial charge in [-0.25, -0.2) is 0 Å². The van der Waals surface area contributed by atoms with Crippen LogP contribution in [0.25, 0.3) is 0 Å². The van der Waals surface area contributed by atoms with Crippen molar-refractivity contribution < 1.29 is 9.59 Å².